The van der Waals surface area contributed by atoms with Crippen LogP contribution in [0.15, 0.2) is 28.7 Å². The first kappa shape index (κ1) is 15.0. The van der Waals surface area contributed by atoms with Gasteiger partial charge in [-0.05, 0) is 45.2 Å². The third-order valence-electron chi connectivity index (χ3n) is 2.55. The molecule has 1 aromatic carbocycles. The van der Waals surface area contributed by atoms with E-state index in [1.165, 1.54) is 0 Å². The first-order chi connectivity index (χ1) is 8.34. The van der Waals surface area contributed by atoms with Crippen molar-refractivity contribution in [2.24, 2.45) is 0 Å². The van der Waals surface area contributed by atoms with Gasteiger partial charge in [-0.2, -0.15) is 0 Å². The van der Waals surface area contributed by atoms with E-state index in [9.17, 15) is 4.79 Å². The van der Waals surface area contributed by atoms with E-state index in [-0.39, 0.29) is 0 Å². The van der Waals surface area contributed by atoms with Gasteiger partial charge in [-0.3, -0.25) is 4.79 Å². The van der Waals surface area contributed by atoms with Crippen LogP contribution in [0.2, 0.25) is 0 Å². The fourth-order valence-corrected chi connectivity index (χ4v) is 1.93. The van der Waals surface area contributed by atoms with Crippen LogP contribution in [0.5, 0.6) is 5.75 Å². The minimum Gasteiger partial charge on any atom is -0.488 e. The SMILES string of the molecule is CNC(CC(C)(C)Oc1ccc(Br)cc1)C(=O)O. The third kappa shape index (κ3) is 4.66. The van der Waals surface area contributed by atoms with Crippen molar-refractivity contribution >= 4 is 21.9 Å². The molecular weight excluding hydrogens is 298 g/mol. The molecule has 0 aliphatic heterocycles. The van der Waals surface area contributed by atoms with E-state index in [4.69, 9.17) is 9.84 Å². The standard InChI is InChI=1S/C13H18BrNO3/c1-13(2,8-11(15-3)12(16)17)18-10-6-4-9(14)5-7-10/h4-7,11,15H,8H2,1-3H3,(H,16,17). The van der Waals surface area contributed by atoms with Crippen molar-refractivity contribution in [3.63, 3.8) is 0 Å². The molecule has 0 radical (unpaired) electrons. The summed E-state index contributed by atoms with van der Waals surface area (Å²) in [6.07, 6.45) is 0.384. The number of hydrogen-bond acceptors (Lipinski definition) is 3. The summed E-state index contributed by atoms with van der Waals surface area (Å²) in [5, 5.41) is 11.8. The fraction of sp³-hybridized carbons (Fsp3) is 0.462. The average molecular weight is 316 g/mol. The van der Waals surface area contributed by atoms with Crippen LogP contribution in [0.1, 0.15) is 20.3 Å². The van der Waals surface area contributed by atoms with E-state index < -0.39 is 17.6 Å². The highest BCUT2D eigenvalue weighted by Gasteiger charge is 2.28. The monoisotopic (exact) mass is 315 g/mol. The van der Waals surface area contributed by atoms with Crippen LogP contribution >= 0.6 is 15.9 Å². The number of aliphatic carboxylic acids is 1. The Labute approximate surface area is 115 Å². The maximum absolute atomic E-state index is 11.0. The van der Waals surface area contributed by atoms with Crippen LogP contribution in [0.25, 0.3) is 0 Å². The van der Waals surface area contributed by atoms with Crippen LogP contribution in [0, 0.1) is 0 Å². The number of likely N-dealkylation sites (N-methyl/N-ethyl adjacent to an activating group) is 1. The van der Waals surface area contributed by atoms with Crippen LogP contribution in [-0.2, 0) is 4.79 Å². The van der Waals surface area contributed by atoms with Crippen molar-refractivity contribution in [3.05, 3.63) is 28.7 Å². The molecule has 0 fully saturated rings. The highest BCUT2D eigenvalue weighted by Crippen LogP contribution is 2.24. The zero-order chi connectivity index (χ0) is 13.8. The van der Waals surface area contributed by atoms with Crippen molar-refractivity contribution in [2.45, 2.75) is 31.9 Å². The molecule has 0 aliphatic rings. The number of nitrogens with one attached hydrogen (secondary N) is 1. The zero-order valence-electron chi connectivity index (χ0n) is 10.7. The van der Waals surface area contributed by atoms with Crippen LogP contribution in [0.3, 0.4) is 0 Å². The van der Waals surface area contributed by atoms with Gasteiger partial charge in [-0.25, -0.2) is 0 Å². The molecule has 0 spiro atoms. The summed E-state index contributed by atoms with van der Waals surface area (Å²) in [7, 11) is 1.63. The number of carbonyl (C=O) groups is 1. The molecule has 100 valence electrons. The van der Waals surface area contributed by atoms with Crippen LogP contribution in [-0.4, -0.2) is 29.8 Å². The van der Waals surface area contributed by atoms with Crippen molar-refractivity contribution < 1.29 is 14.6 Å². The summed E-state index contributed by atoms with van der Waals surface area (Å²) in [4.78, 5) is 11.0. The molecule has 0 amide bonds. The largest absolute Gasteiger partial charge is 0.488 e. The Morgan fingerprint density at radius 3 is 2.44 bits per heavy atom. The predicted molar refractivity (Wildman–Crippen MR) is 73.9 cm³/mol. The van der Waals surface area contributed by atoms with E-state index in [1.54, 1.807) is 7.05 Å². The Morgan fingerprint density at radius 2 is 2.00 bits per heavy atom. The van der Waals surface area contributed by atoms with Gasteiger partial charge in [0.2, 0.25) is 0 Å². The van der Waals surface area contributed by atoms with E-state index >= 15 is 0 Å². The molecule has 4 nitrogen and oxygen atoms in total. The number of ether oxygens (including phenoxy) is 1. The van der Waals surface area contributed by atoms with Crippen molar-refractivity contribution in [1.29, 1.82) is 0 Å². The van der Waals surface area contributed by atoms with Gasteiger partial charge >= 0.3 is 5.97 Å². The molecule has 2 N–H and O–H groups in total. The lowest BCUT2D eigenvalue weighted by Crippen LogP contribution is -2.42. The first-order valence-corrected chi connectivity index (χ1v) is 6.48. The summed E-state index contributed by atoms with van der Waals surface area (Å²) >= 11 is 3.35. The van der Waals surface area contributed by atoms with Gasteiger partial charge in [-0.15, -0.1) is 0 Å². The molecule has 1 unspecified atom stereocenters. The number of hydrogen-bond donors (Lipinski definition) is 2. The number of halogens is 1. The topological polar surface area (TPSA) is 58.6 Å². The molecule has 0 aliphatic carbocycles. The second-order valence-corrected chi connectivity index (χ2v) is 5.61. The smallest absolute Gasteiger partial charge is 0.320 e. The van der Waals surface area contributed by atoms with E-state index in [2.05, 4.69) is 21.2 Å². The summed E-state index contributed by atoms with van der Waals surface area (Å²) in [5.74, 6) is -0.145. The van der Waals surface area contributed by atoms with E-state index in [0.29, 0.717) is 6.42 Å². The zero-order valence-corrected chi connectivity index (χ0v) is 12.3. The Hall–Kier alpha value is -1.07. The van der Waals surface area contributed by atoms with E-state index in [1.807, 2.05) is 38.1 Å². The number of carboxylic acids is 1. The third-order valence-corrected chi connectivity index (χ3v) is 3.08. The lowest BCUT2D eigenvalue weighted by molar-refractivity contribution is -0.140. The summed E-state index contributed by atoms with van der Waals surface area (Å²) in [6, 6.07) is 6.86. The second-order valence-electron chi connectivity index (χ2n) is 4.70. The predicted octanol–water partition coefficient (Wildman–Crippen LogP) is 2.67. The molecule has 1 atom stereocenters. The molecule has 0 saturated carbocycles. The summed E-state index contributed by atoms with van der Waals surface area (Å²) in [6.45, 7) is 3.75. The van der Waals surface area contributed by atoms with Crippen molar-refractivity contribution in [2.75, 3.05) is 7.05 Å². The van der Waals surface area contributed by atoms with Gasteiger partial charge in [0, 0.05) is 10.9 Å². The summed E-state index contributed by atoms with van der Waals surface area (Å²) < 4.78 is 6.79. The molecule has 0 heterocycles. The van der Waals surface area contributed by atoms with Crippen LogP contribution in [0.4, 0.5) is 0 Å². The first-order valence-electron chi connectivity index (χ1n) is 5.69. The van der Waals surface area contributed by atoms with E-state index in [0.717, 1.165) is 10.2 Å². The fourth-order valence-electron chi connectivity index (χ4n) is 1.67. The molecule has 0 bridgehead atoms. The Bertz CT molecular complexity index is 403. The molecular formula is C13H18BrNO3. The Kier molecular flexibility index (Phi) is 5.16. The van der Waals surface area contributed by atoms with Gasteiger partial charge in [0.25, 0.3) is 0 Å². The second kappa shape index (κ2) is 6.20. The molecule has 1 aromatic rings. The molecule has 0 aromatic heterocycles. The lowest BCUT2D eigenvalue weighted by Gasteiger charge is -2.29. The highest BCUT2D eigenvalue weighted by atomic mass is 79.9. The maximum Gasteiger partial charge on any atom is 0.320 e. The van der Waals surface area contributed by atoms with Crippen LogP contribution < -0.4 is 10.1 Å². The van der Waals surface area contributed by atoms with Crippen molar-refractivity contribution in [1.82, 2.24) is 5.32 Å². The van der Waals surface area contributed by atoms with Crippen molar-refractivity contribution in [3.8, 4) is 5.75 Å². The normalized spacial score (nSPS) is 13.1. The van der Waals surface area contributed by atoms with Gasteiger partial charge in [0.1, 0.15) is 17.4 Å². The minimum atomic E-state index is -0.870. The Balaban J connectivity index is 2.69. The quantitative estimate of drug-likeness (QED) is 0.847. The number of carboxylic acid groups (broad SMARTS) is 1. The lowest BCUT2D eigenvalue weighted by atomic mass is 9.98. The highest BCUT2D eigenvalue weighted by molar-refractivity contribution is 9.10. The summed E-state index contributed by atoms with van der Waals surface area (Å²) in [5.41, 5.74) is -0.556. The molecule has 5 heteroatoms. The number of rotatable bonds is 6. The number of benzene rings is 1. The van der Waals surface area contributed by atoms with Gasteiger partial charge in [0.05, 0.1) is 0 Å². The molecule has 1 rings (SSSR count). The van der Waals surface area contributed by atoms with Gasteiger partial charge in [0.15, 0.2) is 0 Å². The minimum absolute atomic E-state index is 0.384. The van der Waals surface area contributed by atoms with Gasteiger partial charge in [-0.1, -0.05) is 15.9 Å². The molecule has 0 saturated heterocycles. The molecule has 18 heavy (non-hydrogen) atoms. The maximum atomic E-state index is 11.0. The van der Waals surface area contributed by atoms with Gasteiger partial charge < -0.3 is 15.2 Å². The average Bonchev–Trinajstić information content (AvgIpc) is 2.28. The Morgan fingerprint density at radius 1 is 1.44 bits per heavy atom.